The van der Waals surface area contributed by atoms with Gasteiger partial charge >= 0.3 is 18.3 Å². The van der Waals surface area contributed by atoms with Gasteiger partial charge in [-0.15, -0.1) is 0 Å². The zero-order valence-electron chi connectivity index (χ0n) is 25.6. The number of amides is 2. The molecule has 2 amide bonds. The van der Waals surface area contributed by atoms with E-state index in [1.165, 1.54) is 29.2 Å². The van der Waals surface area contributed by atoms with E-state index in [-0.39, 0.29) is 50.9 Å². The number of carbonyl (C=O) groups excluding carboxylic acids is 2. The Hall–Kier alpha value is -3.71. The van der Waals surface area contributed by atoms with Crippen molar-refractivity contribution in [3.63, 3.8) is 0 Å². The molecule has 3 aliphatic rings. The van der Waals surface area contributed by atoms with Crippen molar-refractivity contribution in [2.24, 2.45) is 0 Å². The van der Waals surface area contributed by atoms with Crippen molar-refractivity contribution in [1.82, 2.24) is 20.2 Å². The third-order valence-corrected chi connectivity index (χ3v) is 9.33. The Morgan fingerprint density at radius 3 is 2.33 bits per heavy atom. The van der Waals surface area contributed by atoms with Crippen LogP contribution < -0.4 is 10.2 Å². The number of morpholine rings is 1. The number of hydrazine groups is 1. The van der Waals surface area contributed by atoms with Crippen molar-refractivity contribution >= 4 is 52.2 Å². The van der Waals surface area contributed by atoms with Crippen molar-refractivity contribution in [2.45, 2.75) is 31.2 Å². The SMILES string of the molecule is O=C(O)C1CCCN1C(=O)CNN1C(=O)C(=Cc2cc(-c3cc(C(F)(F)F)cc(C(F)(F)F)c3)ccc2OCCN2CCOCC2)SC1=S. The molecule has 3 aliphatic heterocycles. The number of thiocarbonyl (C=S) groups is 1. The molecule has 2 N–H and O–H groups in total. The summed E-state index contributed by atoms with van der Waals surface area (Å²) in [6.07, 6.45) is -7.92. The Kier molecular flexibility index (Phi) is 11.2. The first kappa shape index (κ1) is 36.6. The molecule has 3 heterocycles. The highest BCUT2D eigenvalue weighted by atomic mass is 32.2. The summed E-state index contributed by atoms with van der Waals surface area (Å²) in [5.41, 5.74) is -0.492. The minimum absolute atomic E-state index is 0.00109. The lowest BCUT2D eigenvalue weighted by Gasteiger charge is -2.26. The molecule has 18 heteroatoms. The zero-order valence-corrected chi connectivity index (χ0v) is 27.2. The Morgan fingerprint density at radius 1 is 1.02 bits per heavy atom. The van der Waals surface area contributed by atoms with Crippen molar-refractivity contribution in [2.75, 3.05) is 52.5 Å². The van der Waals surface area contributed by atoms with Gasteiger partial charge in [-0.1, -0.05) is 30.0 Å². The second-order valence-corrected chi connectivity index (χ2v) is 13.0. The maximum atomic E-state index is 13.6. The number of carboxylic acid groups (broad SMARTS) is 1. The highest BCUT2D eigenvalue weighted by molar-refractivity contribution is 8.26. The van der Waals surface area contributed by atoms with Gasteiger partial charge in [-0.25, -0.2) is 15.2 Å². The maximum Gasteiger partial charge on any atom is 0.416 e. The maximum absolute atomic E-state index is 13.6. The summed E-state index contributed by atoms with van der Waals surface area (Å²) < 4.78 is 93.0. The topological polar surface area (TPSA) is 112 Å². The van der Waals surface area contributed by atoms with Gasteiger partial charge in [-0.3, -0.25) is 14.5 Å². The third kappa shape index (κ3) is 8.91. The van der Waals surface area contributed by atoms with Gasteiger partial charge in [0.15, 0.2) is 4.32 Å². The van der Waals surface area contributed by atoms with Gasteiger partial charge in [-0.05, 0) is 60.4 Å². The average Bonchev–Trinajstić information content (AvgIpc) is 3.65. The summed E-state index contributed by atoms with van der Waals surface area (Å²) in [6.45, 7) is 2.97. The first-order chi connectivity index (χ1) is 23.1. The molecule has 1 atom stereocenters. The summed E-state index contributed by atoms with van der Waals surface area (Å²) in [4.78, 5) is 40.9. The minimum atomic E-state index is -5.05. The number of aliphatic carboxylic acids is 1. The molecule has 0 saturated carbocycles. The quantitative estimate of drug-likeness (QED) is 0.199. The van der Waals surface area contributed by atoms with Gasteiger partial charge in [-0.2, -0.15) is 26.3 Å². The number of hydrogen-bond donors (Lipinski definition) is 2. The van der Waals surface area contributed by atoms with Gasteiger partial charge in [0.2, 0.25) is 5.91 Å². The number of carboxylic acids is 1. The van der Waals surface area contributed by atoms with Crippen molar-refractivity contribution in [1.29, 1.82) is 0 Å². The second-order valence-electron chi connectivity index (χ2n) is 11.3. The number of halogens is 6. The van der Waals surface area contributed by atoms with Crippen LogP contribution in [0.25, 0.3) is 17.2 Å². The smallest absolute Gasteiger partial charge is 0.416 e. The first-order valence-electron chi connectivity index (χ1n) is 15.0. The minimum Gasteiger partial charge on any atom is -0.492 e. The highest BCUT2D eigenvalue weighted by Crippen LogP contribution is 2.40. The number of thioether (sulfide) groups is 1. The van der Waals surface area contributed by atoms with E-state index in [9.17, 15) is 45.8 Å². The molecule has 0 bridgehead atoms. The molecule has 0 aromatic heterocycles. The summed E-state index contributed by atoms with van der Waals surface area (Å²) in [5.74, 6) is -2.15. The zero-order chi connectivity index (χ0) is 35.5. The van der Waals surface area contributed by atoms with E-state index in [4.69, 9.17) is 21.7 Å². The van der Waals surface area contributed by atoms with Crippen LogP contribution in [0.4, 0.5) is 26.3 Å². The molecule has 2 aromatic carbocycles. The standard InChI is InChI=1S/C31H30F6N4O6S2/c32-30(33,34)21-13-19(14-22(16-21)31(35,36)37)18-3-4-24(47-11-8-39-6-9-46-10-7-39)20(12-18)15-25-27(43)41(29(48)49-25)38-17-26(42)40-5-1-2-23(40)28(44)45/h3-4,12-16,23,38H,1-2,5-11,17H2,(H,44,45). The van der Waals surface area contributed by atoms with Gasteiger partial charge < -0.3 is 19.5 Å². The second kappa shape index (κ2) is 15.0. The van der Waals surface area contributed by atoms with Crippen LogP contribution in [0.1, 0.15) is 29.5 Å². The molecule has 49 heavy (non-hydrogen) atoms. The molecule has 2 aromatic rings. The molecule has 0 spiro atoms. The van der Waals surface area contributed by atoms with Crippen molar-refractivity contribution in [3.8, 4) is 16.9 Å². The fourth-order valence-corrected chi connectivity index (χ4v) is 6.73. The van der Waals surface area contributed by atoms with Gasteiger partial charge in [0.25, 0.3) is 5.91 Å². The molecule has 264 valence electrons. The molecule has 0 radical (unpaired) electrons. The normalized spacial score (nSPS) is 20.0. The molecule has 3 saturated heterocycles. The number of carbonyl (C=O) groups is 3. The number of hydrogen-bond acceptors (Lipinski definition) is 9. The number of benzene rings is 2. The number of ether oxygens (including phenoxy) is 2. The molecule has 10 nitrogen and oxygen atoms in total. The highest BCUT2D eigenvalue weighted by Gasteiger charge is 2.38. The van der Waals surface area contributed by atoms with Crippen LogP contribution in [0, 0.1) is 0 Å². The van der Waals surface area contributed by atoms with Crippen LogP contribution in [0.15, 0.2) is 41.3 Å². The number of nitrogens with one attached hydrogen (secondary N) is 1. The molecule has 1 unspecified atom stereocenters. The van der Waals surface area contributed by atoms with Crippen LogP contribution in [0.5, 0.6) is 5.75 Å². The van der Waals surface area contributed by atoms with Crippen LogP contribution >= 0.6 is 24.0 Å². The third-order valence-electron chi connectivity index (χ3n) is 8.03. The number of nitrogens with zero attached hydrogens (tertiary/aromatic N) is 3. The lowest BCUT2D eigenvalue weighted by Crippen LogP contribution is -2.49. The van der Waals surface area contributed by atoms with E-state index in [1.54, 1.807) is 0 Å². The summed E-state index contributed by atoms with van der Waals surface area (Å²) in [5, 5.41) is 10.3. The molecular formula is C31H30F6N4O6S2. The lowest BCUT2D eigenvalue weighted by molar-refractivity contribution is -0.148. The van der Waals surface area contributed by atoms with E-state index < -0.39 is 53.8 Å². The van der Waals surface area contributed by atoms with Crippen LogP contribution in [0.3, 0.4) is 0 Å². The molecule has 0 aliphatic carbocycles. The molecule has 3 fully saturated rings. The number of rotatable bonds is 10. The van der Waals surface area contributed by atoms with Crippen molar-refractivity contribution < 1.29 is 55.3 Å². The Morgan fingerprint density at radius 2 is 1.69 bits per heavy atom. The summed E-state index contributed by atoms with van der Waals surface area (Å²) in [7, 11) is 0. The average molecular weight is 733 g/mol. The molecular weight excluding hydrogens is 702 g/mol. The number of alkyl halides is 6. The van der Waals surface area contributed by atoms with E-state index in [0.717, 1.165) is 16.8 Å². The Labute approximate surface area is 285 Å². The predicted molar refractivity (Wildman–Crippen MR) is 170 cm³/mol. The fourth-order valence-electron chi connectivity index (χ4n) is 5.52. The van der Waals surface area contributed by atoms with E-state index >= 15 is 0 Å². The van der Waals surface area contributed by atoms with Gasteiger partial charge in [0, 0.05) is 31.7 Å². The summed E-state index contributed by atoms with van der Waals surface area (Å²) >= 11 is 6.17. The lowest BCUT2D eigenvalue weighted by atomic mass is 9.97. The number of likely N-dealkylation sites (tertiary alicyclic amines) is 1. The predicted octanol–water partition coefficient (Wildman–Crippen LogP) is 4.88. The first-order valence-corrected chi connectivity index (χ1v) is 16.2. The van der Waals surface area contributed by atoms with Crippen LogP contribution in [0.2, 0.25) is 0 Å². The van der Waals surface area contributed by atoms with E-state index in [2.05, 4.69) is 10.3 Å². The van der Waals surface area contributed by atoms with Crippen molar-refractivity contribution in [3.05, 3.63) is 58.0 Å². The fraction of sp³-hybridized carbons (Fsp3) is 0.419. The Bertz CT molecular complexity index is 1610. The van der Waals surface area contributed by atoms with E-state index in [0.29, 0.717) is 57.8 Å². The Balaban J connectivity index is 1.42. The van der Waals surface area contributed by atoms with E-state index in [1.807, 2.05) is 0 Å². The van der Waals surface area contributed by atoms with Crippen LogP contribution in [-0.2, 0) is 31.5 Å². The molecule has 5 rings (SSSR count). The van der Waals surface area contributed by atoms with Gasteiger partial charge in [0.05, 0.1) is 35.8 Å². The van der Waals surface area contributed by atoms with Gasteiger partial charge in [0.1, 0.15) is 18.4 Å². The summed E-state index contributed by atoms with van der Waals surface area (Å²) in [6, 6.07) is 4.36. The van der Waals surface area contributed by atoms with Crippen LogP contribution in [-0.4, -0.2) is 101 Å². The largest absolute Gasteiger partial charge is 0.492 e. The monoisotopic (exact) mass is 732 g/mol.